The third kappa shape index (κ3) is 6.69. The zero-order valence-electron chi connectivity index (χ0n) is 19.0. The number of carbonyl (C=O) groups is 3. The highest BCUT2D eigenvalue weighted by Gasteiger charge is 2.23. The van der Waals surface area contributed by atoms with Crippen molar-refractivity contribution in [2.75, 3.05) is 11.9 Å². The van der Waals surface area contributed by atoms with Crippen molar-refractivity contribution < 1.29 is 23.6 Å². The van der Waals surface area contributed by atoms with Crippen LogP contribution in [0.25, 0.3) is 11.4 Å². The SMILES string of the molecule is Cc1nc(-c2cccc(C(=O)NCCC(=O)Nc3nc(C)c(C(=O)OC(C)(C)C)s3)c2)no1. The topological polar surface area (TPSA) is 136 Å². The zero-order valence-corrected chi connectivity index (χ0v) is 19.8. The number of aryl methyl sites for hydroxylation is 2. The minimum absolute atomic E-state index is 0.0376. The van der Waals surface area contributed by atoms with E-state index in [4.69, 9.17) is 9.26 Å². The zero-order chi connectivity index (χ0) is 24.2. The first-order valence-corrected chi connectivity index (χ1v) is 11.0. The van der Waals surface area contributed by atoms with Gasteiger partial charge >= 0.3 is 5.97 Å². The molecule has 0 aliphatic carbocycles. The highest BCUT2D eigenvalue weighted by molar-refractivity contribution is 7.17. The average Bonchev–Trinajstić information content (AvgIpc) is 3.32. The number of esters is 1. The molecule has 0 bridgehead atoms. The predicted octanol–water partition coefficient (Wildman–Crippen LogP) is 3.52. The Morgan fingerprint density at radius 3 is 2.58 bits per heavy atom. The standard InChI is InChI=1S/C22H25N5O5S/c1-12-17(20(30)31-22(3,4)5)33-21(24-12)26-16(28)9-10-23-19(29)15-8-6-7-14(11-15)18-25-13(2)32-27-18/h6-8,11H,9-10H2,1-5H3,(H,23,29)(H,24,26,28). The van der Waals surface area contributed by atoms with Crippen LogP contribution in [0, 0.1) is 13.8 Å². The van der Waals surface area contributed by atoms with Crippen molar-refractivity contribution in [3.8, 4) is 11.4 Å². The molecule has 0 unspecified atom stereocenters. The fourth-order valence-corrected chi connectivity index (χ4v) is 3.61. The van der Waals surface area contributed by atoms with E-state index in [2.05, 4.69) is 25.8 Å². The number of nitrogens with one attached hydrogen (secondary N) is 2. The highest BCUT2D eigenvalue weighted by Crippen LogP contribution is 2.25. The largest absolute Gasteiger partial charge is 0.456 e. The number of amides is 2. The molecule has 11 heteroatoms. The summed E-state index contributed by atoms with van der Waals surface area (Å²) in [7, 11) is 0. The molecule has 2 aromatic heterocycles. The molecular weight excluding hydrogens is 446 g/mol. The van der Waals surface area contributed by atoms with Gasteiger partial charge in [0, 0.05) is 31.0 Å². The second kappa shape index (κ2) is 9.90. The molecule has 0 aliphatic heterocycles. The molecular formula is C22H25N5O5S. The predicted molar refractivity (Wildman–Crippen MR) is 122 cm³/mol. The first kappa shape index (κ1) is 24.1. The second-order valence-corrected chi connectivity index (χ2v) is 9.21. The number of benzene rings is 1. The van der Waals surface area contributed by atoms with Crippen LogP contribution in [0.3, 0.4) is 0 Å². The van der Waals surface area contributed by atoms with Crippen molar-refractivity contribution >= 4 is 34.3 Å². The number of thiazole rings is 1. The molecule has 0 saturated carbocycles. The molecule has 1 aromatic carbocycles. The lowest BCUT2D eigenvalue weighted by molar-refractivity contribution is -0.116. The van der Waals surface area contributed by atoms with E-state index in [0.29, 0.717) is 38.5 Å². The van der Waals surface area contributed by atoms with Crippen molar-refractivity contribution in [3.05, 3.63) is 46.3 Å². The molecule has 10 nitrogen and oxygen atoms in total. The van der Waals surface area contributed by atoms with Gasteiger partial charge in [0.25, 0.3) is 5.91 Å². The molecule has 0 aliphatic rings. The number of anilines is 1. The van der Waals surface area contributed by atoms with Crippen molar-refractivity contribution in [1.82, 2.24) is 20.4 Å². The van der Waals surface area contributed by atoms with Gasteiger partial charge in [0.2, 0.25) is 17.6 Å². The Bertz CT molecular complexity index is 1180. The molecule has 174 valence electrons. The van der Waals surface area contributed by atoms with Gasteiger partial charge in [-0.25, -0.2) is 9.78 Å². The minimum atomic E-state index is -0.626. The van der Waals surface area contributed by atoms with Crippen LogP contribution in [0.15, 0.2) is 28.8 Å². The van der Waals surface area contributed by atoms with Gasteiger partial charge in [-0.15, -0.1) is 0 Å². The van der Waals surface area contributed by atoms with E-state index >= 15 is 0 Å². The van der Waals surface area contributed by atoms with Gasteiger partial charge in [-0.2, -0.15) is 4.98 Å². The fourth-order valence-electron chi connectivity index (χ4n) is 2.75. The maximum absolute atomic E-state index is 12.4. The molecule has 2 heterocycles. The number of carbonyl (C=O) groups excluding carboxylic acids is 3. The monoisotopic (exact) mass is 471 g/mol. The maximum atomic E-state index is 12.4. The van der Waals surface area contributed by atoms with Gasteiger partial charge in [0.1, 0.15) is 10.5 Å². The van der Waals surface area contributed by atoms with Crippen LogP contribution in [-0.2, 0) is 9.53 Å². The number of nitrogens with zero attached hydrogens (tertiary/aromatic N) is 3. The first-order chi connectivity index (χ1) is 15.5. The average molecular weight is 472 g/mol. The Balaban J connectivity index is 1.51. The highest BCUT2D eigenvalue weighted by atomic mass is 32.1. The molecule has 2 amide bonds. The Hall–Kier alpha value is -3.60. The summed E-state index contributed by atoms with van der Waals surface area (Å²) in [4.78, 5) is 45.6. The number of rotatable bonds is 7. The molecule has 0 spiro atoms. The van der Waals surface area contributed by atoms with E-state index in [1.807, 2.05) is 0 Å². The van der Waals surface area contributed by atoms with Gasteiger partial charge in [0.05, 0.1) is 5.69 Å². The van der Waals surface area contributed by atoms with Crippen molar-refractivity contribution in [2.24, 2.45) is 0 Å². The van der Waals surface area contributed by atoms with Crippen molar-refractivity contribution in [3.63, 3.8) is 0 Å². The molecule has 0 radical (unpaired) electrons. The Morgan fingerprint density at radius 2 is 1.91 bits per heavy atom. The third-order valence-electron chi connectivity index (χ3n) is 4.18. The minimum Gasteiger partial charge on any atom is -0.456 e. The van der Waals surface area contributed by atoms with E-state index in [1.54, 1.807) is 58.9 Å². The summed E-state index contributed by atoms with van der Waals surface area (Å²) in [5.41, 5.74) is 0.915. The van der Waals surface area contributed by atoms with Gasteiger partial charge in [-0.1, -0.05) is 28.6 Å². The number of hydrogen-bond donors (Lipinski definition) is 2. The van der Waals surface area contributed by atoms with Crippen LogP contribution in [0.4, 0.5) is 5.13 Å². The molecule has 0 saturated heterocycles. The van der Waals surface area contributed by atoms with Crippen LogP contribution in [-0.4, -0.2) is 45.1 Å². The summed E-state index contributed by atoms with van der Waals surface area (Å²) < 4.78 is 10.3. The first-order valence-electron chi connectivity index (χ1n) is 10.2. The lowest BCUT2D eigenvalue weighted by Crippen LogP contribution is -2.27. The fraction of sp³-hybridized carbons (Fsp3) is 0.364. The van der Waals surface area contributed by atoms with Crippen LogP contribution in [0.5, 0.6) is 0 Å². The van der Waals surface area contributed by atoms with Crippen LogP contribution in [0.2, 0.25) is 0 Å². The maximum Gasteiger partial charge on any atom is 0.350 e. The summed E-state index contributed by atoms with van der Waals surface area (Å²) in [6.45, 7) is 8.82. The quantitative estimate of drug-likeness (QED) is 0.500. The summed E-state index contributed by atoms with van der Waals surface area (Å²) in [6, 6.07) is 6.80. The van der Waals surface area contributed by atoms with Crippen LogP contribution >= 0.6 is 11.3 Å². The van der Waals surface area contributed by atoms with Crippen LogP contribution in [0.1, 0.15) is 58.8 Å². The van der Waals surface area contributed by atoms with E-state index < -0.39 is 11.6 Å². The third-order valence-corrected chi connectivity index (χ3v) is 5.23. The number of ether oxygens (including phenoxy) is 1. The van der Waals surface area contributed by atoms with Gasteiger partial charge in [-0.3, -0.25) is 9.59 Å². The molecule has 0 atom stereocenters. The second-order valence-electron chi connectivity index (χ2n) is 8.21. The van der Waals surface area contributed by atoms with Gasteiger partial charge in [0.15, 0.2) is 5.13 Å². The van der Waals surface area contributed by atoms with E-state index in [9.17, 15) is 14.4 Å². The lowest BCUT2D eigenvalue weighted by Gasteiger charge is -2.18. The van der Waals surface area contributed by atoms with Gasteiger partial charge in [-0.05, 0) is 39.8 Å². The van der Waals surface area contributed by atoms with E-state index in [-0.39, 0.29) is 24.8 Å². The number of hydrogen-bond acceptors (Lipinski definition) is 9. The Kier molecular flexibility index (Phi) is 7.22. The molecule has 33 heavy (non-hydrogen) atoms. The Labute approximate surface area is 194 Å². The van der Waals surface area contributed by atoms with Crippen molar-refractivity contribution in [2.45, 2.75) is 46.6 Å². The summed E-state index contributed by atoms with van der Waals surface area (Å²) in [6.07, 6.45) is 0.0376. The molecule has 0 fully saturated rings. The van der Waals surface area contributed by atoms with E-state index in [1.165, 1.54) is 0 Å². The Morgan fingerprint density at radius 1 is 1.15 bits per heavy atom. The summed E-state index contributed by atoms with van der Waals surface area (Å²) in [5.74, 6) is -0.327. The summed E-state index contributed by atoms with van der Waals surface area (Å²) in [5, 5.41) is 9.50. The van der Waals surface area contributed by atoms with Crippen molar-refractivity contribution in [1.29, 1.82) is 0 Å². The lowest BCUT2D eigenvalue weighted by atomic mass is 10.1. The van der Waals surface area contributed by atoms with Gasteiger partial charge < -0.3 is 19.9 Å². The molecule has 2 N–H and O–H groups in total. The molecule has 3 rings (SSSR count). The normalized spacial score (nSPS) is 11.2. The smallest absolute Gasteiger partial charge is 0.350 e. The number of aromatic nitrogens is 3. The summed E-state index contributed by atoms with van der Waals surface area (Å²) >= 11 is 1.05. The van der Waals surface area contributed by atoms with Crippen LogP contribution < -0.4 is 10.6 Å². The molecule has 3 aromatic rings. The van der Waals surface area contributed by atoms with E-state index in [0.717, 1.165) is 11.3 Å².